The third kappa shape index (κ3) is 6.63. The van der Waals surface area contributed by atoms with Crippen molar-refractivity contribution < 1.29 is 35.1 Å². The highest BCUT2D eigenvalue weighted by Gasteiger charge is 2.24. The summed E-state index contributed by atoms with van der Waals surface area (Å²) in [4.78, 5) is 0. The molecule has 8 heteroatoms. The Bertz CT molecular complexity index is 1280. The van der Waals surface area contributed by atoms with Crippen LogP contribution in [-0.4, -0.2) is 6.18 Å². The van der Waals surface area contributed by atoms with Crippen LogP contribution in [0.4, 0.5) is 35.1 Å². The molecule has 0 amide bonds. The van der Waals surface area contributed by atoms with E-state index in [9.17, 15) is 35.1 Å². The maximum Gasteiger partial charge on any atom is 0.409 e. The van der Waals surface area contributed by atoms with Crippen molar-refractivity contribution in [3.8, 4) is 11.1 Å². The number of aryl methyl sites for hydroxylation is 1. The van der Waals surface area contributed by atoms with Gasteiger partial charge in [-0.25, -0.2) is 22.0 Å². The van der Waals surface area contributed by atoms with Gasteiger partial charge in [0.05, 0.1) is 0 Å². The summed E-state index contributed by atoms with van der Waals surface area (Å²) in [5, 5.41) is 0. The predicted molar refractivity (Wildman–Crippen MR) is 131 cm³/mol. The summed E-state index contributed by atoms with van der Waals surface area (Å²) in [6.45, 7) is 2.19. The lowest BCUT2D eigenvalue weighted by molar-refractivity contribution is -0.0790. The van der Waals surface area contributed by atoms with Gasteiger partial charge >= 0.3 is 6.18 Å². The zero-order valence-corrected chi connectivity index (χ0v) is 20.6. The molecule has 3 aromatic carbocycles. The minimum absolute atomic E-state index is 0.0192. The highest BCUT2D eigenvalue weighted by molar-refractivity contribution is 5.65. The minimum Gasteiger partial charge on any atom is -0.207 e. The molecule has 0 aromatic heterocycles. The zero-order chi connectivity index (χ0) is 27.6. The smallest absolute Gasteiger partial charge is 0.207 e. The topological polar surface area (TPSA) is 0 Å². The third-order valence-corrected chi connectivity index (χ3v) is 7.17. The van der Waals surface area contributed by atoms with Crippen LogP contribution in [0.15, 0.2) is 48.5 Å². The average molecular weight is 539 g/mol. The van der Waals surface area contributed by atoms with Gasteiger partial charge in [0.1, 0.15) is 29.1 Å². The Morgan fingerprint density at radius 2 is 1.34 bits per heavy atom. The SMILES string of the molecule is CC1CCC(c2ccc(-c3cc(F)c(CCc4cc(F)c(/C=C/C(F)(F)F)c(F)c4)c(F)c3)c(F)c2)CC1. The van der Waals surface area contributed by atoms with E-state index in [2.05, 4.69) is 6.92 Å². The lowest BCUT2D eigenvalue weighted by atomic mass is 9.79. The Hall–Kier alpha value is -3.16. The van der Waals surface area contributed by atoms with Crippen molar-refractivity contribution in [3.05, 3.63) is 99.9 Å². The van der Waals surface area contributed by atoms with Gasteiger partial charge in [-0.05, 0) is 90.6 Å². The first-order valence-electron chi connectivity index (χ1n) is 12.4. The monoisotopic (exact) mass is 538 g/mol. The fraction of sp³-hybridized carbons (Fsp3) is 0.333. The first-order valence-corrected chi connectivity index (χ1v) is 12.4. The van der Waals surface area contributed by atoms with Gasteiger partial charge in [-0.15, -0.1) is 0 Å². The molecular weight excluding hydrogens is 512 g/mol. The summed E-state index contributed by atoms with van der Waals surface area (Å²) < 4.78 is 110. The number of hydrogen-bond donors (Lipinski definition) is 0. The van der Waals surface area contributed by atoms with Crippen LogP contribution >= 0.6 is 0 Å². The van der Waals surface area contributed by atoms with Crippen molar-refractivity contribution in [3.63, 3.8) is 0 Å². The van der Waals surface area contributed by atoms with Crippen LogP contribution < -0.4 is 0 Å². The van der Waals surface area contributed by atoms with E-state index in [1.54, 1.807) is 6.07 Å². The molecule has 0 saturated heterocycles. The summed E-state index contributed by atoms with van der Waals surface area (Å²) in [6, 6.07) is 8.43. The van der Waals surface area contributed by atoms with E-state index < -0.39 is 40.8 Å². The van der Waals surface area contributed by atoms with E-state index in [-0.39, 0.29) is 53.2 Å². The van der Waals surface area contributed by atoms with Crippen LogP contribution in [0.2, 0.25) is 0 Å². The molecular formula is C30H26F8. The van der Waals surface area contributed by atoms with Crippen LogP contribution in [0, 0.1) is 35.0 Å². The largest absolute Gasteiger partial charge is 0.409 e. The molecule has 0 radical (unpaired) electrons. The number of hydrogen-bond acceptors (Lipinski definition) is 0. The molecule has 1 aliphatic carbocycles. The van der Waals surface area contributed by atoms with Crippen molar-refractivity contribution in [2.45, 2.75) is 57.5 Å². The van der Waals surface area contributed by atoms with Crippen LogP contribution in [0.3, 0.4) is 0 Å². The van der Waals surface area contributed by atoms with Crippen molar-refractivity contribution in [1.82, 2.24) is 0 Å². The van der Waals surface area contributed by atoms with E-state index in [4.69, 9.17) is 0 Å². The van der Waals surface area contributed by atoms with Gasteiger partial charge in [-0.2, -0.15) is 13.2 Å². The lowest BCUT2D eigenvalue weighted by Gasteiger charge is -2.26. The Kier molecular flexibility index (Phi) is 8.28. The first kappa shape index (κ1) is 27.9. The van der Waals surface area contributed by atoms with Crippen molar-refractivity contribution in [2.75, 3.05) is 0 Å². The lowest BCUT2D eigenvalue weighted by Crippen LogP contribution is -2.11. The van der Waals surface area contributed by atoms with Crippen LogP contribution in [0.1, 0.15) is 60.8 Å². The molecule has 0 aliphatic heterocycles. The predicted octanol–water partition coefficient (Wildman–Crippen LogP) is 9.70. The number of allylic oxidation sites excluding steroid dienone is 1. The molecule has 0 N–H and O–H groups in total. The van der Waals surface area contributed by atoms with Crippen LogP contribution in [0.5, 0.6) is 0 Å². The second-order valence-electron chi connectivity index (χ2n) is 9.96. The number of benzene rings is 3. The second-order valence-corrected chi connectivity index (χ2v) is 9.96. The Balaban J connectivity index is 1.50. The summed E-state index contributed by atoms with van der Waals surface area (Å²) in [5.74, 6) is -3.98. The fourth-order valence-corrected chi connectivity index (χ4v) is 5.00. The average Bonchev–Trinajstić information content (AvgIpc) is 2.82. The molecule has 202 valence electrons. The van der Waals surface area contributed by atoms with Gasteiger partial charge in [0.15, 0.2) is 0 Å². The Morgan fingerprint density at radius 3 is 1.89 bits per heavy atom. The molecule has 0 bridgehead atoms. The molecule has 1 fully saturated rings. The van der Waals surface area contributed by atoms with Gasteiger partial charge in [0.25, 0.3) is 0 Å². The van der Waals surface area contributed by atoms with Crippen LogP contribution in [-0.2, 0) is 12.8 Å². The van der Waals surface area contributed by atoms with Gasteiger partial charge in [-0.3, -0.25) is 0 Å². The Morgan fingerprint density at radius 1 is 0.737 bits per heavy atom. The molecule has 1 saturated carbocycles. The Labute approximate surface area is 216 Å². The summed E-state index contributed by atoms with van der Waals surface area (Å²) >= 11 is 0. The molecule has 0 unspecified atom stereocenters. The summed E-state index contributed by atoms with van der Waals surface area (Å²) in [6.07, 6.45) is -1.09. The third-order valence-electron chi connectivity index (χ3n) is 7.17. The molecule has 38 heavy (non-hydrogen) atoms. The van der Waals surface area contributed by atoms with Gasteiger partial charge < -0.3 is 0 Å². The molecule has 0 atom stereocenters. The van der Waals surface area contributed by atoms with E-state index in [0.717, 1.165) is 55.5 Å². The molecule has 0 nitrogen and oxygen atoms in total. The standard InChI is InChI=1S/C30H26F8/c1-17-2-5-19(6-3-17)20-7-9-22(27(33)14-20)21-15-28(34)23(29(35)16-21)8-4-18-12-25(31)24(26(32)13-18)10-11-30(36,37)38/h7,9-17,19H,2-6,8H2,1H3/b11-10+. The zero-order valence-electron chi connectivity index (χ0n) is 20.6. The first-order chi connectivity index (χ1) is 17.9. The van der Waals surface area contributed by atoms with Gasteiger partial charge in [-0.1, -0.05) is 31.9 Å². The van der Waals surface area contributed by atoms with Gasteiger partial charge in [0, 0.05) is 22.8 Å². The van der Waals surface area contributed by atoms with Crippen molar-refractivity contribution in [2.24, 2.45) is 5.92 Å². The molecule has 0 heterocycles. The summed E-state index contributed by atoms with van der Waals surface area (Å²) in [5.41, 5.74) is -0.222. The molecule has 4 rings (SSSR count). The van der Waals surface area contributed by atoms with E-state index in [1.807, 2.05) is 0 Å². The molecule has 3 aromatic rings. The van der Waals surface area contributed by atoms with E-state index in [0.29, 0.717) is 5.92 Å². The number of alkyl halides is 3. The van der Waals surface area contributed by atoms with Crippen molar-refractivity contribution >= 4 is 6.08 Å². The van der Waals surface area contributed by atoms with Crippen molar-refractivity contribution in [1.29, 1.82) is 0 Å². The highest BCUT2D eigenvalue weighted by atomic mass is 19.4. The summed E-state index contributed by atoms with van der Waals surface area (Å²) in [7, 11) is 0. The second kappa shape index (κ2) is 11.3. The number of halogens is 8. The van der Waals surface area contributed by atoms with Crippen LogP contribution in [0.25, 0.3) is 17.2 Å². The molecule has 1 aliphatic rings. The number of rotatable bonds is 6. The highest BCUT2D eigenvalue weighted by Crippen LogP contribution is 2.37. The maximum absolute atomic E-state index is 14.9. The van der Waals surface area contributed by atoms with E-state index >= 15 is 0 Å². The van der Waals surface area contributed by atoms with E-state index in [1.165, 1.54) is 12.1 Å². The maximum atomic E-state index is 14.9. The minimum atomic E-state index is -4.74. The molecule has 0 spiro atoms. The quantitative estimate of drug-likeness (QED) is 0.274. The fourth-order valence-electron chi connectivity index (χ4n) is 5.00. The van der Waals surface area contributed by atoms with Gasteiger partial charge in [0.2, 0.25) is 0 Å². The normalized spacial score (nSPS) is 18.3.